The second kappa shape index (κ2) is 8.42. The molecule has 0 saturated carbocycles. The molecule has 3 rings (SSSR count). The predicted octanol–water partition coefficient (Wildman–Crippen LogP) is 6.56. The van der Waals surface area contributed by atoms with E-state index in [0.29, 0.717) is 5.69 Å². The standard InChI is InChI=1S/C21H17Cl2FN2O/c1-13(14-5-3-2-4-6-14)25-15-7-9-16(10-8-15)26-21(27)17-11-20(24)19(23)12-18(17)22/h2-13,25H,1H3,(H,26,27). The third kappa shape index (κ3) is 4.79. The highest BCUT2D eigenvalue weighted by atomic mass is 35.5. The topological polar surface area (TPSA) is 41.1 Å². The van der Waals surface area contributed by atoms with E-state index in [1.165, 1.54) is 11.6 Å². The molecule has 1 unspecified atom stereocenters. The van der Waals surface area contributed by atoms with Gasteiger partial charge in [0, 0.05) is 17.4 Å². The number of rotatable bonds is 5. The van der Waals surface area contributed by atoms with Crippen LogP contribution >= 0.6 is 23.2 Å². The first-order valence-corrected chi connectivity index (χ1v) is 9.07. The number of nitrogens with one attached hydrogen (secondary N) is 2. The molecule has 0 bridgehead atoms. The number of hydrogen-bond acceptors (Lipinski definition) is 2. The molecule has 6 heteroatoms. The van der Waals surface area contributed by atoms with Gasteiger partial charge in [-0.3, -0.25) is 4.79 Å². The van der Waals surface area contributed by atoms with E-state index in [2.05, 4.69) is 29.7 Å². The van der Waals surface area contributed by atoms with E-state index in [1.807, 2.05) is 30.3 Å². The van der Waals surface area contributed by atoms with E-state index in [-0.39, 0.29) is 21.7 Å². The van der Waals surface area contributed by atoms with Crippen molar-refractivity contribution in [1.29, 1.82) is 0 Å². The van der Waals surface area contributed by atoms with Crippen molar-refractivity contribution in [2.75, 3.05) is 10.6 Å². The van der Waals surface area contributed by atoms with Crippen LogP contribution in [0.25, 0.3) is 0 Å². The Bertz CT molecular complexity index is 946. The normalized spacial score (nSPS) is 11.7. The Hall–Kier alpha value is -2.56. The van der Waals surface area contributed by atoms with Crippen molar-refractivity contribution in [3.63, 3.8) is 0 Å². The van der Waals surface area contributed by atoms with Crippen molar-refractivity contribution in [2.45, 2.75) is 13.0 Å². The van der Waals surface area contributed by atoms with E-state index in [1.54, 1.807) is 12.1 Å². The smallest absolute Gasteiger partial charge is 0.257 e. The second-order valence-corrected chi connectivity index (χ2v) is 6.87. The monoisotopic (exact) mass is 402 g/mol. The molecule has 138 valence electrons. The molecule has 27 heavy (non-hydrogen) atoms. The lowest BCUT2D eigenvalue weighted by Crippen LogP contribution is -2.13. The van der Waals surface area contributed by atoms with Gasteiger partial charge in [-0.2, -0.15) is 0 Å². The maximum atomic E-state index is 13.6. The summed E-state index contributed by atoms with van der Waals surface area (Å²) in [4.78, 5) is 12.3. The highest BCUT2D eigenvalue weighted by Crippen LogP contribution is 2.26. The minimum Gasteiger partial charge on any atom is -0.379 e. The Balaban J connectivity index is 1.67. The predicted molar refractivity (Wildman–Crippen MR) is 109 cm³/mol. The Morgan fingerprint density at radius 1 is 0.926 bits per heavy atom. The highest BCUT2D eigenvalue weighted by molar-refractivity contribution is 6.37. The van der Waals surface area contributed by atoms with E-state index < -0.39 is 11.7 Å². The van der Waals surface area contributed by atoms with E-state index in [4.69, 9.17) is 23.2 Å². The summed E-state index contributed by atoms with van der Waals surface area (Å²) in [5, 5.41) is 6.06. The molecule has 0 fully saturated rings. The lowest BCUT2D eigenvalue weighted by atomic mass is 10.1. The molecule has 2 N–H and O–H groups in total. The minimum atomic E-state index is -0.694. The number of halogens is 3. The number of carbonyl (C=O) groups is 1. The summed E-state index contributed by atoms with van der Waals surface area (Å²) >= 11 is 11.6. The molecule has 0 saturated heterocycles. The van der Waals surface area contributed by atoms with Crippen LogP contribution in [0.2, 0.25) is 10.0 Å². The fourth-order valence-electron chi connectivity index (χ4n) is 2.62. The van der Waals surface area contributed by atoms with Crippen molar-refractivity contribution < 1.29 is 9.18 Å². The molecule has 0 spiro atoms. The van der Waals surface area contributed by atoms with Gasteiger partial charge in [0.1, 0.15) is 5.82 Å². The SMILES string of the molecule is CC(Nc1ccc(NC(=O)c2cc(F)c(Cl)cc2Cl)cc1)c1ccccc1. The number of amides is 1. The lowest BCUT2D eigenvalue weighted by molar-refractivity contribution is 0.102. The summed E-state index contributed by atoms with van der Waals surface area (Å²) in [6, 6.07) is 19.7. The zero-order valence-electron chi connectivity index (χ0n) is 14.5. The molecule has 0 aliphatic rings. The first-order valence-electron chi connectivity index (χ1n) is 8.31. The van der Waals surface area contributed by atoms with Crippen molar-refractivity contribution in [2.24, 2.45) is 0 Å². The Morgan fingerprint density at radius 2 is 1.56 bits per heavy atom. The van der Waals surface area contributed by atoms with Gasteiger partial charge in [-0.05, 0) is 48.9 Å². The maximum absolute atomic E-state index is 13.6. The number of benzene rings is 3. The van der Waals surface area contributed by atoms with Gasteiger partial charge in [-0.25, -0.2) is 4.39 Å². The van der Waals surface area contributed by atoms with Crippen LogP contribution in [0, 0.1) is 5.82 Å². The van der Waals surface area contributed by atoms with Crippen molar-refractivity contribution >= 4 is 40.5 Å². The first kappa shape index (κ1) is 19.2. The van der Waals surface area contributed by atoms with Crippen LogP contribution in [-0.2, 0) is 0 Å². The van der Waals surface area contributed by atoms with E-state index >= 15 is 0 Å². The number of anilines is 2. The zero-order valence-corrected chi connectivity index (χ0v) is 16.0. The molecule has 0 radical (unpaired) electrons. The molecule has 3 aromatic carbocycles. The third-order valence-electron chi connectivity index (χ3n) is 4.08. The zero-order chi connectivity index (χ0) is 19.4. The van der Waals surface area contributed by atoms with Gasteiger partial charge >= 0.3 is 0 Å². The summed E-state index contributed by atoms with van der Waals surface area (Å²) in [7, 11) is 0. The van der Waals surface area contributed by atoms with E-state index in [9.17, 15) is 9.18 Å². The van der Waals surface area contributed by atoms with Crippen LogP contribution in [0.15, 0.2) is 66.7 Å². The lowest BCUT2D eigenvalue weighted by Gasteiger charge is -2.16. The number of hydrogen-bond donors (Lipinski definition) is 2. The van der Waals surface area contributed by atoms with Crippen molar-refractivity contribution in [1.82, 2.24) is 0 Å². The van der Waals surface area contributed by atoms with Crippen LogP contribution in [0.5, 0.6) is 0 Å². The van der Waals surface area contributed by atoms with Crippen LogP contribution in [0.4, 0.5) is 15.8 Å². The molecule has 3 aromatic rings. The van der Waals surface area contributed by atoms with Gasteiger partial charge in [0.05, 0.1) is 15.6 Å². The Kier molecular flexibility index (Phi) is 5.99. The van der Waals surface area contributed by atoms with Gasteiger partial charge in [0.15, 0.2) is 0 Å². The minimum absolute atomic E-state index is 0.0264. The molecule has 0 aliphatic carbocycles. The molecule has 0 heterocycles. The largest absolute Gasteiger partial charge is 0.379 e. The third-order valence-corrected chi connectivity index (χ3v) is 4.68. The van der Waals surface area contributed by atoms with Crippen LogP contribution < -0.4 is 10.6 Å². The average molecular weight is 403 g/mol. The van der Waals surface area contributed by atoms with Crippen LogP contribution in [-0.4, -0.2) is 5.91 Å². The quantitative estimate of drug-likeness (QED) is 0.474. The Labute approximate surface area is 167 Å². The van der Waals surface area contributed by atoms with Gasteiger partial charge < -0.3 is 10.6 Å². The highest BCUT2D eigenvalue weighted by Gasteiger charge is 2.14. The molecular formula is C21H17Cl2FN2O. The molecule has 0 aromatic heterocycles. The maximum Gasteiger partial charge on any atom is 0.257 e. The average Bonchev–Trinajstić information content (AvgIpc) is 2.67. The number of carbonyl (C=O) groups excluding carboxylic acids is 1. The molecule has 3 nitrogen and oxygen atoms in total. The van der Waals surface area contributed by atoms with Gasteiger partial charge in [0.25, 0.3) is 5.91 Å². The molecule has 1 atom stereocenters. The Morgan fingerprint density at radius 3 is 2.22 bits per heavy atom. The van der Waals surface area contributed by atoms with Crippen LogP contribution in [0.1, 0.15) is 28.9 Å². The van der Waals surface area contributed by atoms with Gasteiger partial charge in [0.2, 0.25) is 0 Å². The van der Waals surface area contributed by atoms with Crippen LogP contribution in [0.3, 0.4) is 0 Å². The summed E-state index contributed by atoms with van der Waals surface area (Å²) in [5.41, 5.74) is 2.69. The van der Waals surface area contributed by atoms with Crippen molar-refractivity contribution in [3.8, 4) is 0 Å². The summed E-state index contributed by atoms with van der Waals surface area (Å²) < 4.78 is 13.6. The molecule has 1 amide bonds. The fraction of sp³-hybridized carbons (Fsp3) is 0.0952. The van der Waals surface area contributed by atoms with Gasteiger partial charge in [-0.15, -0.1) is 0 Å². The summed E-state index contributed by atoms with van der Waals surface area (Å²) in [6.45, 7) is 2.07. The molecule has 0 aliphatic heterocycles. The molecular weight excluding hydrogens is 386 g/mol. The summed E-state index contributed by atoms with van der Waals surface area (Å²) in [6.07, 6.45) is 0. The fourth-order valence-corrected chi connectivity index (χ4v) is 3.09. The van der Waals surface area contributed by atoms with Crippen molar-refractivity contribution in [3.05, 3.63) is 93.7 Å². The van der Waals surface area contributed by atoms with Gasteiger partial charge in [-0.1, -0.05) is 53.5 Å². The second-order valence-electron chi connectivity index (χ2n) is 6.05. The summed E-state index contributed by atoms with van der Waals surface area (Å²) in [5.74, 6) is -1.20. The van der Waals surface area contributed by atoms with E-state index in [0.717, 1.165) is 11.8 Å². The first-order chi connectivity index (χ1) is 12.9.